The smallest absolute Gasteiger partial charge is 0.227 e. The van der Waals surface area contributed by atoms with Crippen LogP contribution in [0.4, 0.5) is 0 Å². The second-order valence-electron chi connectivity index (χ2n) is 4.96. The molecule has 0 bridgehead atoms. The van der Waals surface area contributed by atoms with Gasteiger partial charge in [0, 0.05) is 5.56 Å². The van der Waals surface area contributed by atoms with Crippen LogP contribution in [-0.2, 0) is 0 Å². The summed E-state index contributed by atoms with van der Waals surface area (Å²) in [7, 11) is 0. The Labute approximate surface area is 132 Å². The van der Waals surface area contributed by atoms with Gasteiger partial charge in [-0.05, 0) is 78.2 Å². The molecule has 0 saturated heterocycles. The first-order valence-corrected chi connectivity index (χ1v) is 7.69. The summed E-state index contributed by atoms with van der Waals surface area (Å²) in [5, 5.41) is 0. The molecule has 0 unspecified atom stereocenters. The Morgan fingerprint density at radius 1 is 1.19 bits per heavy atom. The summed E-state index contributed by atoms with van der Waals surface area (Å²) < 4.78 is 12.3. The molecule has 0 aliphatic carbocycles. The van der Waals surface area contributed by atoms with Crippen molar-refractivity contribution in [1.82, 2.24) is 4.98 Å². The number of aromatic nitrogens is 1. The summed E-state index contributed by atoms with van der Waals surface area (Å²) in [6.45, 7) is 6.77. The van der Waals surface area contributed by atoms with Crippen LogP contribution in [0, 0.1) is 13.8 Å². The lowest BCUT2D eigenvalue weighted by Gasteiger charge is -2.02. The monoisotopic (exact) mass is 345 g/mol. The number of hydrogen-bond donors (Lipinski definition) is 0. The minimum absolute atomic E-state index is 0.624. The number of nitrogens with zero attached hydrogens (tertiary/aromatic N) is 1. The van der Waals surface area contributed by atoms with E-state index in [9.17, 15) is 0 Å². The van der Waals surface area contributed by atoms with Crippen LogP contribution >= 0.6 is 15.9 Å². The third-order valence-electron chi connectivity index (χ3n) is 3.54. The van der Waals surface area contributed by atoms with Crippen molar-refractivity contribution >= 4 is 27.0 Å². The standard InChI is InChI=1S/C17H16BrNO2/c1-4-20-13-7-5-12(6-8-13)17-19-14-9-10(2)11(3)15(18)16(14)21-17/h5-9H,4H2,1-3H3. The largest absolute Gasteiger partial charge is 0.494 e. The zero-order chi connectivity index (χ0) is 15.0. The van der Waals surface area contributed by atoms with Gasteiger partial charge in [-0.25, -0.2) is 4.98 Å². The summed E-state index contributed by atoms with van der Waals surface area (Å²) in [6.07, 6.45) is 0. The molecule has 4 heteroatoms. The molecule has 0 radical (unpaired) electrons. The maximum atomic E-state index is 5.92. The number of ether oxygens (including phenoxy) is 1. The van der Waals surface area contributed by atoms with Crippen molar-refractivity contribution in [2.24, 2.45) is 0 Å². The van der Waals surface area contributed by atoms with Crippen LogP contribution in [0.25, 0.3) is 22.6 Å². The Bertz CT molecular complexity index is 791. The van der Waals surface area contributed by atoms with Gasteiger partial charge in [-0.3, -0.25) is 0 Å². The molecule has 2 aromatic carbocycles. The van der Waals surface area contributed by atoms with Gasteiger partial charge in [-0.1, -0.05) is 0 Å². The minimum atomic E-state index is 0.624. The van der Waals surface area contributed by atoms with Gasteiger partial charge >= 0.3 is 0 Å². The van der Waals surface area contributed by atoms with E-state index in [4.69, 9.17) is 9.15 Å². The van der Waals surface area contributed by atoms with Crippen molar-refractivity contribution in [1.29, 1.82) is 0 Å². The minimum Gasteiger partial charge on any atom is -0.494 e. The second kappa shape index (κ2) is 5.53. The summed E-state index contributed by atoms with van der Waals surface area (Å²) in [5.41, 5.74) is 4.98. The molecule has 3 aromatic rings. The number of halogens is 1. The lowest BCUT2D eigenvalue weighted by atomic mass is 10.1. The number of aryl methyl sites for hydroxylation is 1. The van der Waals surface area contributed by atoms with Gasteiger partial charge in [-0.2, -0.15) is 0 Å². The van der Waals surface area contributed by atoms with Gasteiger partial charge in [0.1, 0.15) is 11.3 Å². The number of hydrogen-bond acceptors (Lipinski definition) is 3. The summed E-state index contributed by atoms with van der Waals surface area (Å²) in [6, 6.07) is 9.84. The molecule has 1 aromatic heterocycles. The third-order valence-corrected chi connectivity index (χ3v) is 4.49. The number of oxazole rings is 1. The second-order valence-corrected chi connectivity index (χ2v) is 5.75. The van der Waals surface area contributed by atoms with Crippen molar-refractivity contribution in [3.63, 3.8) is 0 Å². The number of benzene rings is 2. The van der Waals surface area contributed by atoms with Crippen LogP contribution in [0.3, 0.4) is 0 Å². The quantitative estimate of drug-likeness (QED) is 0.648. The lowest BCUT2D eigenvalue weighted by molar-refractivity contribution is 0.340. The first kappa shape index (κ1) is 14.1. The van der Waals surface area contributed by atoms with E-state index in [1.165, 1.54) is 11.1 Å². The molecule has 21 heavy (non-hydrogen) atoms. The van der Waals surface area contributed by atoms with E-state index < -0.39 is 0 Å². The highest BCUT2D eigenvalue weighted by Crippen LogP contribution is 2.33. The van der Waals surface area contributed by atoms with E-state index in [2.05, 4.69) is 40.8 Å². The van der Waals surface area contributed by atoms with Gasteiger partial charge in [0.05, 0.1) is 11.1 Å². The van der Waals surface area contributed by atoms with Gasteiger partial charge in [0.15, 0.2) is 5.58 Å². The van der Waals surface area contributed by atoms with Crippen LogP contribution < -0.4 is 4.74 Å². The molecule has 1 heterocycles. The highest BCUT2D eigenvalue weighted by molar-refractivity contribution is 9.10. The predicted octanol–water partition coefficient (Wildman–Crippen LogP) is 5.27. The van der Waals surface area contributed by atoms with E-state index in [0.717, 1.165) is 26.9 Å². The Hall–Kier alpha value is -1.81. The first-order valence-electron chi connectivity index (χ1n) is 6.89. The zero-order valence-corrected chi connectivity index (χ0v) is 13.8. The summed E-state index contributed by atoms with van der Waals surface area (Å²) in [5.74, 6) is 1.48. The van der Waals surface area contributed by atoms with Crippen molar-refractivity contribution in [2.75, 3.05) is 6.61 Å². The Morgan fingerprint density at radius 3 is 2.57 bits per heavy atom. The van der Waals surface area contributed by atoms with Crippen molar-refractivity contribution in [3.8, 4) is 17.2 Å². The van der Waals surface area contributed by atoms with E-state index in [1.807, 2.05) is 31.2 Å². The van der Waals surface area contributed by atoms with Crippen LogP contribution in [-0.4, -0.2) is 11.6 Å². The molecule has 0 amide bonds. The lowest BCUT2D eigenvalue weighted by Crippen LogP contribution is -1.90. The maximum absolute atomic E-state index is 5.92. The Balaban J connectivity index is 2.06. The fourth-order valence-corrected chi connectivity index (χ4v) is 2.82. The SMILES string of the molecule is CCOc1ccc(-c2nc3cc(C)c(C)c(Br)c3o2)cc1. The Kier molecular flexibility index (Phi) is 3.72. The van der Waals surface area contributed by atoms with Gasteiger partial charge in [-0.15, -0.1) is 0 Å². The number of rotatable bonds is 3. The van der Waals surface area contributed by atoms with Crippen LogP contribution in [0.2, 0.25) is 0 Å². The van der Waals surface area contributed by atoms with E-state index >= 15 is 0 Å². The van der Waals surface area contributed by atoms with E-state index in [-0.39, 0.29) is 0 Å². The molecule has 3 nitrogen and oxygen atoms in total. The molecule has 0 spiro atoms. The van der Waals surface area contributed by atoms with Crippen LogP contribution in [0.5, 0.6) is 5.75 Å². The molecule has 0 aliphatic rings. The van der Waals surface area contributed by atoms with E-state index in [1.54, 1.807) is 0 Å². The number of fused-ring (bicyclic) bond motifs is 1. The first-order chi connectivity index (χ1) is 10.1. The average Bonchev–Trinajstić information content (AvgIpc) is 2.90. The fraction of sp³-hybridized carbons (Fsp3) is 0.235. The van der Waals surface area contributed by atoms with Crippen LogP contribution in [0.1, 0.15) is 18.1 Å². The van der Waals surface area contributed by atoms with Crippen molar-refractivity contribution in [3.05, 3.63) is 45.9 Å². The van der Waals surface area contributed by atoms with Gasteiger partial charge < -0.3 is 9.15 Å². The Morgan fingerprint density at radius 2 is 1.90 bits per heavy atom. The predicted molar refractivity (Wildman–Crippen MR) is 87.8 cm³/mol. The molecular formula is C17H16BrNO2. The summed E-state index contributed by atoms with van der Waals surface area (Å²) in [4.78, 5) is 4.58. The molecule has 108 valence electrons. The topological polar surface area (TPSA) is 35.3 Å². The zero-order valence-electron chi connectivity index (χ0n) is 12.2. The molecule has 0 saturated carbocycles. The van der Waals surface area contributed by atoms with Crippen molar-refractivity contribution in [2.45, 2.75) is 20.8 Å². The highest BCUT2D eigenvalue weighted by atomic mass is 79.9. The highest BCUT2D eigenvalue weighted by Gasteiger charge is 2.14. The van der Waals surface area contributed by atoms with E-state index in [0.29, 0.717) is 12.5 Å². The van der Waals surface area contributed by atoms with Gasteiger partial charge in [0.2, 0.25) is 5.89 Å². The molecule has 0 N–H and O–H groups in total. The average molecular weight is 346 g/mol. The summed E-state index contributed by atoms with van der Waals surface area (Å²) >= 11 is 3.60. The van der Waals surface area contributed by atoms with Gasteiger partial charge in [0.25, 0.3) is 0 Å². The maximum Gasteiger partial charge on any atom is 0.227 e. The van der Waals surface area contributed by atoms with Crippen LogP contribution in [0.15, 0.2) is 39.2 Å². The normalized spacial score (nSPS) is 11.0. The molecule has 0 aliphatic heterocycles. The molecular weight excluding hydrogens is 330 g/mol. The fourth-order valence-electron chi connectivity index (χ4n) is 2.23. The van der Waals surface area contributed by atoms with Crippen molar-refractivity contribution < 1.29 is 9.15 Å². The molecule has 0 fully saturated rings. The third kappa shape index (κ3) is 2.56. The molecule has 0 atom stereocenters. The molecule has 3 rings (SSSR count).